The number of aliphatic hydroxyl groups is 3. The van der Waals surface area contributed by atoms with Crippen LogP contribution in [0.5, 0.6) is 0 Å². The highest BCUT2D eigenvalue weighted by molar-refractivity contribution is 5.66. The Morgan fingerprint density at radius 2 is 1.96 bits per heavy atom. The van der Waals surface area contributed by atoms with E-state index < -0.39 is 36.5 Å². The van der Waals surface area contributed by atoms with Crippen molar-refractivity contribution < 1.29 is 30.0 Å². The van der Waals surface area contributed by atoms with Gasteiger partial charge in [0.15, 0.2) is 0 Å². The van der Waals surface area contributed by atoms with E-state index in [1.807, 2.05) is 6.08 Å². The van der Waals surface area contributed by atoms with Crippen LogP contribution in [0.3, 0.4) is 0 Å². The molecule has 1 saturated heterocycles. The molecule has 150 valence electrons. The third kappa shape index (κ3) is 9.48. The van der Waals surface area contributed by atoms with Crippen molar-refractivity contribution in [1.82, 2.24) is 0 Å². The van der Waals surface area contributed by atoms with E-state index in [0.717, 1.165) is 12.8 Å². The molecule has 1 fully saturated rings. The van der Waals surface area contributed by atoms with E-state index in [1.54, 1.807) is 6.08 Å². The van der Waals surface area contributed by atoms with Gasteiger partial charge in [-0.3, -0.25) is 4.79 Å². The van der Waals surface area contributed by atoms with Gasteiger partial charge in [0, 0.05) is 12.8 Å². The molecule has 0 unspecified atom stereocenters. The molecule has 0 bridgehead atoms. The highest BCUT2D eigenvalue weighted by Crippen LogP contribution is 2.27. The van der Waals surface area contributed by atoms with Crippen LogP contribution in [-0.2, 0) is 9.53 Å². The average Bonchev–Trinajstić information content (AvgIpc) is 2.96. The molecule has 0 aliphatic carbocycles. The van der Waals surface area contributed by atoms with E-state index in [4.69, 9.17) is 9.84 Å². The molecular formula is C20H34O6. The summed E-state index contributed by atoms with van der Waals surface area (Å²) in [6.07, 6.45) is 10.1. The van der Waals surface area contributed by atoms with E-state index in [-0.39, 0.29) is 6.42 Å². The highest BCUT2D eigenvalue weighted by atomic mass is 16.5. The van der Waals surface area contributed by atoms with Crippen molar-refractivity contribution in [2.45, 2.75) is 95.2 Å². The summed E-state index contributed by atoms with van der Waals surface area (Å²) in [4.78, 5) is 10.5. The number of hydrogen-bond donors (Lipinski definition) is 4. The topological polar surface area (TPSA) is 107 Å². The molecule has 6 heteroatoms. The first-order valence-electron chi connectivity index (χ1n) is 9.68. The lowest BCUT2D eigenvalue weighted by Crippen LogP contribution is -2.25. The lowest BCUT2D eigenvalue weighted by molar-refractivity contribution is -0.137. The van der Waals surface area contributed by atoms with Crippen LogP contribution in [-0.4, -0.2) is 56.9 Å². The van der Waals surface area contributed by atoms with Crippen LogP contribution in [0.25, 0.3) is 0 Å². The lowest BCUT2D eigenvalue weighted by Gasteiger charge is -2.17. The molecular weight excluding hydrogens is 336 g/mol. The van der Waals surface area contributed by atoms with Crippen molar-refractivity contribution in [2.75, 3.05) is 0 Å². The van der Waals surface area contributed by atoms with Crippen LogP contribution >= 0.6 is 0 Å². The zero-order valence-corrected chi connectivity index (χ0v) is 15.7. The molecule has 1 rings (SSSR count). The highest BCUT2D eigenvalue weighted by Gasteiger charge is 2.36. The molecule has 0 radical (unpaired) electrons. The van der Waals surface area contributed by atoms with Crippen molar-refractivity contribution in [2.24, 2.45) is 0 Å². The van der Waals surface area contributed by atoms with Gasteiger partial charge < -0.3 is 25.2 Å². The maximum absolute atomic E-state index is 10.5. The van der Waals surface area contributed by atoms with Crippen LogP contribution in [0.4, 0.5) is 0 Å². The van der Waals surface area contributed by atoms with Crippen molar-refractivity contribution in [3.63, 3.8) is 0 Å². The standard InChI is InChI=1S/C20H34O6/c1-2-3-4-5-6-7-9-15(21)12-13-16(22)19-14-17(23)18(26-19)10-8-11-20(24)25/h6-7,12-13,15-19,21-23H,2-5,8-11,14H2,1H3,(H,24,25)/b7-6-,13-12-/t15-,16+,17-,18-,19-/m1/s1. The van der Waals surface area contributed by atoms with Crippen LogP contribution < -0.4 is 0 Å². The molecule has 1 heterocycles. The Balaban J connectivity index is 2.29. The molecule has 26 heavy (non-hydrogen) atoms. The Labute approximate surface area is 156 Å². The average molecular weight is 370 g/mol. The maximum atomic E-state index is 10.5. The molecule has 0 aromatic rings. The molecule has 1 aliphatic heterocycles. The van der Waals surface area contributed by atoms with E-state index in [1.165, 1.54) is 18.9 Å². The second kappa shape index (κ2) is 13.0. The number of ether oxygens (including phenoxy) is 1. The number of carbonyl (C=O) groups is 1. The Bertz CT molecular complexity index is 448. The van der Waals surface area contributed by atoms with Gasteiger partial charge in [-0.05, 0) is 32.1 Å². The third-order valence-electron chi connectivity index (χ3n) is 4.56. The summed E-state index contributed by atoms with van der Waals surface area (Å²) < 4.78 is 5.65. The first-order valence-corrected chi connectivity index (χ1v) is 9.68. The van der Waals surface area contributed by atoms with E-state index in [9.17, 15) is 20.1 Å². The van der Waals surface area contributed by atoms with Crippen LogP contribution in [0.15, 0.2) is 24.3 Å². The van der Waals surface area contributed by atoms with E-state index >= 15 is 0 Å². The van der Waals surface area contributed by atoms with Gasteiger partial charge in [-0.25, -0.2) is 0 Å². The zero-order chi connectivity index (χ0) is 19.4. The Kier molecular flexibility index (Phi) is 11.4. The van der Waals surface area contributed by atoms with Crippen molar-refractivity contribution >= 4 is 5.97 Å². The second-order valence-corrected chi connectivity index (χ2v) is 6.95. The van der Waals surface area contributed by atoms with Crippen LogP contribution in [0.2, 0.25) is 0 Å². The molecule has 5 atom stereocenters. The van der Waals surface area contributed by atoms with Gasteiger partial charge in [-0.15, -0.1) is 0 Å². The molecule has 0 aromatic carbocycles. The summed E-state index contributed by atoms with van der Waals surface area (Å²) in [5.41, 5.74) is 0. The summed E-state index contributed by atoms with van der Waals surface area (Å²) >= 11 is 0. The molecule has 6 nitrogen and oxygen atoms in total. The smallest absolute Gasteiger partial charge is 0.303 e. The van der Waals surface area contributed by atoms with Gasteiger partial charge in [0.1, 0.15) is 0 Å². The number of rotatable bonds is 13. The van der Waals surface area contributed by atoms with Gasteiger partial charge >= 0.3 is 5.97 Å². The molecule has 4 N–H and O–H groups in total. The van der Waals surface area contributed by atoms with E-state index in [0.29, 0.717) is 25.7 Å². The van der Waals surface area contributed by atoms with Crippen LogP contribution in [0, 0.1) is 0 Å². The maximum Gasteiger partial charge on any atom is 0.303 e. The van der Waals surface area contributed by atoms with Crippen molar-refractivity contribution in [3.05, 3.63) is 24.3 Å². The molecule has 0 aromatic heterocycles. The number of carboxylic acids is 1. The minimum Gasteiger partial charge on any atom is -0.481 e. The first-order chi connectivity index (χ1) is 12.4. The summed E-state index contributed by atoms with van der Waals surface area (Å²) in [7, 11) is 0. The second-order valence-electron chi connectivity index (χ2n) is 6.95. The lowest BCUT2D eigenvalue weighted by atomic mass is 10.0. The third-order valence-corrected chi connectivity index (χ3v) is 4.56. The molecule has 1 aliphatic rings. The van der Waals surface area contributed by atoms with Crippen LogP contribution in [0.1, 0.15) is 64.7 Å². The Morgan fingerprint density at radius 3 is 2.65 bits per heavy atom. The largest absolute Gasteiger partial charge is 0.481 e. The fourth-order valence-corrected chi connectivity index (χ4v) is 3.01. The minimum atomic E-state index is -0.905. The van der Waals surface area contributed by atoms with Gasteiger partial charge in [-0.1, -0.05) is 44.1 Å². The number of aliphatic hydroxyl groups excluding tert-OH is 3. The number of carboxylic acid groups (broad SMARTS) is 1. The first kappa shape index (κ1) is 22.8. The molecule has 0 amide bonds. The van der Waals surface area contributed by atoms with Gasteiger partial charge in [-0.2, -0.15) is 0 Å². The fraction of sp³-hybridized carbons (Fsp3) is 0.750. The summed E-state index contributed by atoms with van der Waals surface area (Å²) in [6.45, 7) is 2.16. The summed E-state index contributed by atoms with van der Waals surface area (Å²) in [5.74, 6) is -0.870. The number of aliphatic carboxylic acids is 1. The number of allylic oxidation sites excluding steroid dienone is 1. The summed E-state index contributed by atoms with van der Waals surface area (Å²) in [5, 5.41) is 38.7. The number of hydrogen-bond acceptors (Lipinski definition) is 5. The van der Waals surface area contributed by atoms with Gasteiger partial charge in [0.25, 0.3) is 0 Å². The predicted octanol–water partition coefficient (Wildman–Crippen LogP) is 2.56. The SMILES string of the molecule is CCCCC/C=C\C[C@@H](O)/C=C\[C@H](O)[C@H]1C[C@@H](O)[C@@H](CCCC(=O)O)O1. The summed E-state index contributed by atoms with van der Waals surface area (Å²) in [6, 6.07) is 0. The predicted molar refractivity (Wildman–Crippen MR) is 99.8 cm³/mol. The van der Waals surface area contributed by atoms with Crippen molar-refractivity contribution in [1.29, 1.82) is 0 Å². The minimum absolute atomic E-state index is 0.0395. The molecule has 0 saturated carbocycles. The van der Waals surface area contributed by atoms with Crippen molar-refractivity contribution in [3.8, 4) is 0 Å². The Hall–Kier alpha value is -1.21. The van der Waals surface area contributed by atoms with E-state index in [2.05, 4.69) is 13.0 Å². The fourth-order valence-electron chi connectivity index (χ4n) is 3.01. The van der Waals surface area contributed by atoms with Gasteiger partial charge in [0.05, 0.1) is 30.5 Å². The Morgan fingerprint density at radius 1 is 1.19 bits per heavy atom. The molecule has 0 spiro atoms. The quantitative estimate of drug-likeness (QED) is 0.293. The van der Waals surface area contributed by atoms with Gasteiger partial charge in [0.2, 0.25) is 0 Å². The normalized spacial score (nSPS) is 25.9. The monoisotopic (exact) mass is 370 g/mol. The number of unbranched alkanes of at least 4 members (excludes halogenated alkanes) is 3. The zero-order valence-electron chi connectivity index (χ0n) is 15.7.